The number of ketones is 1. The fourth-order valence-corrected chi connectivity index (χ4v) is 3.54. The highest BCUT2D eigenvalue weighted by atomic mass is 16.5. The van der Waals surface area contributed by atoms with Crippen molar-refractivity contribution in [2.45, 2.75) is 26.0 Å². The van der Waals surface area contributed by atoms with E-state index in [2.05, 4.69) is 12.1 Å². The molecule has 0 N–H and O–H groups in total. The predicted molar refractivity (Wildman–Crippen MR) is 110 cm³/mol. The van der Waals surface area contributed by atoms with Gasteiger partial charge in [-0.2, -0.15) is 0 Å². The summed E-state index contributed by atoms with van der Waals surface area (Å²) >= 11 is 0. The van der Waals surface area contributed by atoms with E-state index in [9.17, 15) is 4.79 Å². The minimum absolute atomic E-state index is 0.0104. The quantitative estimate of drug-likeness (QED) is 0.592. The molecule has 3 aromatic rings. The highest BCUT2D eigenvalue weighted by Crippen LogP contribution is 2.39. The fourth-order valence-electron chi connectivity index (χ4n) is 3.54. The van der Waals surface area contributed by atoms with Crippen molar-refractivity contribution in [1.82, 2.24) is 4.57 Å². The zero-order chi connectivity index (χ0) is 19.7. The Hall–Kier alpha value is -3.27. The molecule has 0 bridgehead atoms. The third kappa shape index (κ3) is 3.46. The van der Waals surface area contributed by atoms with Gasteiger partial charge in [0.1, 0.15) is 17.1 Å². The summed E-state index contributed by atoms with van der Waals surface area (Å²) in [6.07, 6.45) is 3.85. The number of carbonyl (C=O) groups excluding carboxylic acids is 1. The summed E-state index contributed by atoms with van der Waals surface area (Å²) in [5.41, 5.74) is 2.68. The van der Waals surface area contributed by atoms with Crippen LogP contribution in [0, 0.1) is 0 Å². The first-order chi connectivity index (χ1) is 13.5. The molecule has 0 amide bonds. The van der Waals surface area contributed by atoms with Crippen molar-refractivity contribution >= 4 is 11.4 Å². The Morgan fingerprint density at radius 2 is 1.86 bits per heavy atom. The van der Waals surface area contributed by atoms with Gasteiger partial charge in [0, 0.05) is 29.9 Å². The maximum absolute atomic E-state index is 13.5. The van der Waals surface area contributed by atoms with Crippen LogP contribution < -0.4 is 9.47 Å². The van der Waals surface area contributed by atoms with Gasteiger partial charge in [-0.1, -0.05) is 30.3 Å². The predicted octanol–water partition coefficient (Wildman–Crippen LogP) is 4.98. The van der Waals surface area contributed by atoms with Crippen LogP contribution in [0.25, 0.3) is 5.57 Å². The van der Waals surface area contributed by atoms with E-state index in [1.807, 2.05) is 79.2 Å². The lowest BCUT2D eigenvalue weighted by molar-refractivity contribution is 0.103. The lowest BCUT2D eigenvalue weighted by atomic mass is 9.91. The monoisotopic (exact) mass is 373 g/mol. The van der Waals surface area contributed by atoms with Crippen molar-refractivity contribution in [3.8, 4) is 11.5 Å². The molecule has 1 aliphatic heterocycles. The molecule has 4 heteroatoms. The molecule has 0 radical (unpaired) electrons. The second-order valence-electron chi connectivity index (χ2n) is 7.46. The van der Waals surface area contributed by atoms with Crippen LogP contribution in [0.5, 0.6) is 11.5 Å². The number of hydrogen-bond donors (Lipinski definition) is 0. The van der Waals surface area contributed by atoms with E-state index >= 15 is 0 Å². The Morgan fingerprint density at radius 1 is 1.07 bits per heavy atom. The van der Waals surface area contributed by atoms with Gasteiger partial charge in [-0.25, -0.2) is 0 Å². The van der Waals surface area contributed by atoms with E-state index in [1.165, 1.54) is 0 Å². The molecule has 142 valence electrons. The molecule has 2 heterocycles. The van der Waals surface area contributed by atoms with Crippen LogP contribution in [0.4, 0.5) is 0 Å². The van der Waals surface area contributed by atoms with Crippen LogP contribution in [0.1, 0.15) is 35.5 Å². The molecule has 0 spiro atoms. The Bertz CT molecular complexity index is 1040. The van der Waals surface area contributed by atoms with Gasteiger partial charge in [-0.05, 0) is 49.8 Å². The molecule has 0 saturated carbocycles. The van der Waals surface area contributed by atoms with Crippen LogP contribution in [0.15, 0.2) is 72.9 Å². The summed E-state index contributed by atoms with van der Waals surface area (Å²) < 4.78 is 13.4. The van der Waals surface area contributed by atoms with E-state index in [4.69, 9.17) is 9.47 Å². The highest BCUT2D eigenvalue weighted by molar-refractivity contribution is 6.29. The van der Waals surface area contributed by atoms with Gasteiger partial charge in [-0.3, -0.25) is 4.79 Å². The van der Waals surface area contributed by atoms with Gasteiger partial charge in [0.15, 0.2) is 0 Å². The summed E-state index contributed by atoms with van der Waals surface area (Å²) in [7, 11) is 1.62. The lowest BCUT2D eigenvalue weighted by Gasteiger charge is -2.31. The van der Waals surface area contributed by atoms with Crippen molar-refractivity contribution < 1.29 is 14.3 Å². The standard InChI is InChI=1S/C24H23NO3/c1-24(2)15-20(19-12-11-18(27-3)14-22(19)28-24)23(26)21-10-7-13-25(21)16-17-8-5-4-6-9-17/h4-15H,16H2,1-3H3. The molecule has 0 fully saturated rings. The maximum Gasteiger partial charge on any atom is 0.209 e. The number of nitrogens with zero attached hydrogens (tertiary/aromatic N) is 1. The second-order valence-corrected chi connectivity index (χ2v) is 7.46. The van der Waals surface area contributed by atoms with Crippen molar-refractivity contribution in [3.63, 3.8) is 0 Å². The lowest BCUT2D eigenvalue weighted by Crippen LogP contribution is -2.30. The Labute approximate surface area is 165 Å². The van der Waals surface area contributed by atoms with E-state index < -0.39 is 5.60 Å². The average molecular weight is 373 g/mol. The molecule has 4 nitrogen and oxygen atoms in total. The third-order valence-electron chi connectivity index (χ3n) is 4.85. The van der Waals surface area contributed by atoms with Crippen molar-refractivity contribution in [2.24, 2.45) is 0 Å². The highest BCUT2D eigenvalue weighted by Gasteiger charge is 2.31. The maximum atomic E-state index is 13.5. The van der Waals surface area contributed by atoms with E-state index in [0.29, 0.717) is 29.3 Å². The number of rotatable bonds is 5. The minimum Gasteiger partial charge on any atom is -0.497 e. The molecule has 0 unspecified atom stereocenters. The first-order valence-electron chi connectivity index (χ1n) is 9.31. The van der Waals surface area contributed by atoms with Gasteiger partial charge in [0.25, 0.3) is 0 Å². The van der Waals surface area contributed by atoms with Crippen LogP contribution in [-0.2, 0) is 6.54 Å². The number of allylic oxidation sites excluding steroid dienone is 1. The topological polar surface area (TPSA) is 40.5 Å². The number of ether oxygens (including phenoxy) is 2. The minimum atomic E-state index is -0.582. The second kappa shape index (κ2) is 7.04. The zero-order valence-corrected chi connectivity index (χ0v) is 16.3. The first-order valence-corrected chi connectivity index (χ1v) is 9.31. The molecule has 1 aromatic heterocycles. The van der Waals surface area contributed by atoms with E-state index in [1.54, 1.807) is 7.11 Å². The average Bonchev–Trinajstić information content (AvgIpc) is 3.14. The SMILES string of the molecule is COc1ccc2c(c1)OC(C)(C)C=C2C(=O)c1cccn1Cc1ccccc1. The van der Waals surface area contributed by atoms with Crippen LogP contribution in [0.2, 0.25) is 0 Å². The number of Topliss-reactive ketones (excluding diaryl/α,β-unsaturated/α-hetero) is 1. The number of aromatic nitrogens is 1. The van der Waals surface area contributed by atoms with Crippen LogP contribution in [-0.4, -0.2) is 23.1 Å². The smallest absolute Gasteiger partial charge is 0.209 e. The summed E-state index contributed by atoms with van der Waals surface area (Å²) in [4.78, 5) is 13.5. The summed E-state index contributed by atoms with van der Waals surface area (Å²) in [6, 6.07) is 19.5. The van der Waals surface area contributed by atoms with Crippen LogP contribution in [0.3, 0.4) is 0 Å². The fraction of sp³-hybridized carbons (Fsp3) is 0.208. The van der Waals surface area contributed by atoms with Crippen molar-refractivity contribution in [2.75, 3.05) is 7.11 Å². The molecule has 1 aliphatic rings. The largest absolute Gasteiger partial charge is 0.497 e. The number of fused-ring (bicyclic) bond motifs is 1. The molecule has 2 aromatic carbocycles. The van der Waals surface area contributed by atoms with Gasteiger partial charge in [-0.15, -0.1) is 0 Å². The molecule has 0 saturated heterocycles. The third-order valence-corrected chi connectivity index (χ3v) is 4.85. The number of methoxy groups -OCH3 is 1. The van der Waals surface area contributed by atoms with Crippen molar-refractivity contribution in [3.05, 3.63) is 89.8 Å². The molecular formula is C24H23NO3. The van der Waals surface area contributed by atoms with Gasteiger partial charge in [0.2, 0.25) is 5.78 Å². The molecule has 0 aliphatic carbocycles. The normalized spacial score (nSPS) is 14.6. The summed E-state index contributed by atoms with van der Waals surface area (Å²) in [6.45, 7) is 4.55. The number of benzene rings is 2. The van der Waals surface area contributed by atoms with Crippen LogP contribution >= 0.6 is 0 Å². The molecule has 4 rings (SSSR count). The van der Waals surface area contributed by atoms with Crippen molar-refractivity contribution in [1.29, 1.82) is 0 Å². The number of hydrogen-bond acceptors (Lipinski definition) is 3. The molecule has 0 atom stereocenters. The summed E-state index contributed by atoms with van der Waals surface area (Å²) in [5.74, 6) is 1.36. The van der Waals surface area contributed by atoms with E-state index in [0.717, 1.165) is 11.1 Å². The molecule has 28 heavy (non-hydrogen) atoms. The molecular weight excluding hydrogens is 350 g/mol. The van der Waals surface area contributed by atoms with Gasteiger partial charge in [0.05, 0.1) is 12.8 Å². The Morgan fingerprint density at radius 3 is 2.61 bits per heavy atom. The Kier molecular flexibility index (Phi) is 4.55. The van der Waals surface area contributed by atoms with E-state index in [-0.39, 0.29) is 5.78 Å². The van der Waals surface area contributed by atoms with Gasteiger partial charge < -0.3 is 14.0 Å². The first kappa shape index (κ1) is 18.1. The summed E-state index contributed by atoms with van der Waals surface area (Å²) in [5, 5.41) is 0. The Balaban J connectivity index is 1.73. The van der Waals surface area contributed by atoms with Gasteiger partial charge >= 0.3 is 0 Å². The zero-order valence-electron chi connectivity index (χ0n) is 16.3. The number of carbonyl (C=O) groups is 1.